The van der Waals surface area contributed by atoms with Gasteiger partial charge in [-0.05, 0) is 25.1 Å². The minimum absolute atomic E-state index is 0.246. The van der Waals surface area contributed by atoms with Crippen LogP contribution < -0.4 is 5.32 Å². The van der Waals surface area contributed by atoms with Crippen LogP contribution in [0.1, 0.15) is 32.0 Å². The molecule has 0 saturated carbocycles. The maximum atomic E-state index is 12.0. The number of aromatic nitrogens is 2. The lowest BCUT2D eigenvalue weighted by Crippen LogP contribution is -2.24. The molecule has 0 aliphatic carbocycles. The van der Waals surface area contributed by atoms with Gasteiger partial charge >= 0.3 is 0 Å². The van der Waals surface area contributed by atoms with Crippen molar-refractivity contribution in [3.63, 3.8) is 0 Å². The van der Waals surface area contributed by atoms with Gasteiger partial charge in [0.2, 0.25) is 0 Å². The topological polar surface area (TPSA) is 67.2 Å². The molecule has 21 heavy (non-hydrogen) atoms. The molecule has 1 aromatic carbocycles. The molecule has 6 heteroatoms. The molecule has 1 aliphatic heterocycles. The van der Waals surface area contributed by atoms with Crippen LogP contribution in [0.3, 0.4) is 0 Å². The smallest absolute Gasteiger partial charge is 0.261 e. The average Bonchev–Trinajstić information content (AvgIpc) is 2.89. The predicted octanol–water partition coefficient (Wildman–Crippen LogP) is 1.57. The van der Waals surface area contributed by atoms with Crippen LogP contribution in [0.4, 0.5) is 5.69 Å². The van der Waals surface area contributed by atoms with Gasteiger partial charge in [-0.2, -0.15) is 5.10 Å². The first kappa shape index (κ1) is 13.4. The highest BCUT2D eigenvalue weighted by Crippen LogP contribution is 2.25. The van der Waals surface area contributed by atoms with Crippen molar-refractivity contribution in [2.75, 3.05) is 12.4 Å². The minimum Gasteiger partial charge on any atom is -0.381 e. The van der Waals surface area contributed by atoms with Crippen molar-refractivity contribution in [1.29, 1.82) is 0 Å². The lowest BCUT2D eigenvalue weighted by molar-refractivity contribution is 0.0693. The Kier molecular flexibility index (Phi) is 3.01. The fraction of sp³-hybridized carbons (Fsp3) is 0.267. The van der Waals surface area contributed by atoms with Gasteiger partial charge in [-0.3, -0.25) is 19.2 Å². The molecule has 6 nitrogen and oxygen atoms in total. The fourth-order valence-electron chi connectivity index (χ4n) is 2.49. The summed E-state index contributed by atoms with van der Waals surface area (Å²) >= 11 is 0. The van der Waals surface area contributed by atoms with Crippen LogP contribution in [0.25, 0.3) is 0 Å². The van der Waals surface area contributed by atoms with Crippen LogP contribution in [0, 0.1) is 6.92 Å². The largest absolute Gasteiger partial charge is 0.381 e. The molecule has 1 aliphatic rings. The summed E-state index contributed by atoms with van der Waals surface area (Å²) in [4.78, 5) is 24.9. The Labute approximate surface area is 122 Å². The molecule has 0 unspecified atom stereocenters. The second-order valence-electron chi connectivity index (χ2n) is 5.20. The molecule has 0 bridgehead atoms. The third kappa shape index (κ3) is 2.18. The number of fused-ring (bicyclic) bond motifs is 1. The summed E-state index contributed by atoms with van der Waals surface area (Å²) in [5.41, 5.74) is 3.80. The molecule has 1 N–H and O–H groups in total. The van der Waals surface area contributed by atoms with Gasteiger partial charge < -0.3 is 5.32 Å². The number of carbonyl (C=O) groups excluding carboxylic acids is 2. The number of imide groups is 1. The Morgan fingerprint density at radius 1 is 1.14 bits per heavy atom. The molecule has 2 amide bonds. The highest BCUT2D eigenvalue weighted by molar-refractivity contribution is 6.21. The van der Waals surface area contributed by atoms with Gasteiger partial charge in [0.25, 0.3) is 11.8 Å². The van der Waals surface area contributed by atoms with E-state index in [0.29, 0.717) is 17.7 Å². The first-order valence-electron chi connectivity index (χ1n) is 6.67. The second-order valence-corrected chi connectivity index (χ2v) is 5.20. The molecule has 3 rings (SSSR count). The highest BCUT2D eigenvalue weighted by Gasteiger charge is 2.32. The lowest BCUT2D eigenvalue weighted by Gasteiger charge is -2.06. The number of aryl methyl sites for hydroxylation is 2. The van der Waals surface area contributed by atoms with Gasteiger partial charge in [0.05, 0.1) is 16.8 Å². The van der Waals surface area contributed by atoms with E-state index in [1.54, 1.807) is 16.8 Å². The summed E-state index contributed by atoms with van der Waals surface area (Å²) in [5.74, 6) is -0.499. The molecule has 0 atom stereocenters. The van der Waals surface area contributed by atoms with E-state index >= 15 is 0 Å². The summed E-state index contributed by atoms with van der Waals surface area (Å²) in [6.45, 7) is 2.58. The highest BCUT2D eigenvalue weighted by atomic mass is 16.2. The Hall–Kier alpha value is -2.63. The lowest BCUT2D eigenvalue weighted by atomic mass is 10.1. The van der Waals surface area contributed by atoms with E-state index in [-0.39, 0.29) is 11.8 Å². The van der Waals surface area contributed by atoms with Crippen molar-refractivity contribution < 1.29 is 9.59 Å². The van der Waals surface area contributed by atoms with Crippen molar-refractivity contribution >= 4 is 17.5 Å². The Balaban J connectivity index is 1.81. The monoisotopic (exact) mass is 284 g/mol. The Bertz CT molecular complexity index is 748. The number of carbonyl (C=O) groups is 2. The van der Waals surface area contributed by atoms with E-state index in [9.17, 15) is 9.59 Å². The SMILES string of the molecule is Cc1nn(C)cc1CNc1ccc2c(c1)C(=O)N(C)C2=O. The normalized spacial score (nSPS) is 13.8. The third-order valence-corrected chi connectivity index (χ3v) is 3.69. The Morgan fingerprint density at radius 3 is 2.52 bits per heavy atom. The van der Waals surface area contributed by atoms with Crippen molar-refractivity contribution in [1.82, 2.24) is 14.7 Å². The second kappa shape index (κ2) is 4.73. The molecule has 0 fully saturated rings. The minimum atomic E-state index is -0.254. The standard InChI is InChI=1S/C15H16N4O2/c1-9-10(8-18(2)17-9)7-16-11-4-5-12-13(6-11)15(21)19(3)14(12)20/h4-6,8,16H,7H2,1-3H3. The zero-order valence-electron chi connectivity index (χ0n) is 12.2. The van der Waals surface area contributed by atoms with E-state index in [1.807, 2.05) is 26.2 Å². The number of rotatable bonds is 3. The molecule has 2 heterocycles. The van der Waals surface area contributed by atoms with E-state index in [2.05, 4.69) is 10.4 Å². The van der Waals surface area contributed by atoms with E-state index in [4.69, 9.17) is 0 Å². The number of nitrogens with zero attached hydrogens (tertiary/aromatic N) is 3. The predicted molar refractivity (Wildman–Crippen MR) is 78.1 cm³/mol. The average molecular weight is 284 g/mol. The summed E-state index contributed by atoms with van der Waals surface area (Å²) in [6.07, 6.45) is 1.96. The summed E-state index contributed by atoms with van der Waals surface area (Å²) in [7, 11) is 3.38. The first-order valence-corrected chi connectivity index (χ1v) is 6.67. The van der Waals surface area contributed by atoms with Crippen LogP contribution in [0.15, 0.2) is 24.4 Å². The van der Waals surface area contributed by atoms with Gasteiger partial charge in [0, 0.05) is 38.1 Å². The molecule has 0 radical (unpaired) electrons. The quantitative estimate of drug-likeness (QED) is 0.869. The zero-order chi connectivity index (χ0) is 15.1. The van der Waals surface area contributed by atoms with Crippen LogP contribution in [0.5, 0.6) is 0 Å². The fourth-order valence-corrected chi connectivity index (χ4v) is 2.49. The van der Waals surface area contributed by atoms with Crippen molar-refractivity contribution in [2.45, 2.75) is 13.5 Å². The Morgan fingerprint density at radius 2 is 1.86 bits per heavy atom. The van der Waals surface area contributed by atoms with Gasteiger partial charge in [0.15, 0.2) is 0 Å². The van der Waals surface area contributed by atoms with Crippen molar-refractivity contribution in [3.05, 3.63) is 46.8 Å². The van der Waals surface area contributed by atoms with Crippen LogP contribution in [0.2, 0.25) is 0 Å². The van der Waals surface area contributed by atoms with Gasteiger partial charge in [0.1, 0.15) is 0 Å². The number of hydrogen-bond acceptors (Lipinski definition) is 4. The van der Waals surface area contributed by atoms with E-state index < -0.39 is 0 Å². The van der Waals surface area contributed by atoms with Gasteiger partial charge in [-0.1, -0.05) is 0 Å². The molecule has 0 saturated heterocycles. The number of anilines is 1. The summed E-state index contributed by atoms with van der Waals surface area (Å²) < 4.78 is 1.77. The maximum Gasteiger partial charge on any atom is 0.261 e. The first-order chi connectivity index (χ1) is 9.97. The molecular formula is C15H16N4O2. The van der Waals surface area contributed by atoms with E-state index in [1.165, 1.54) is 7.05 Å². The number of nitrogens with one attached hydrogen (secondary N) is 1. The molecule has 108 valence electrons. The van der Waals surface area contributed by atoms with Crippen molar-refractivity contribution in [3.8, 4) is 0 Å². The van der Waals surface area contributed by atoms with Crippen LogP contribution >= 0.6 is 0 Å². The van der Waals surface area contributed by atoms with Gasteiger partial charge in [-0.15, -0.1) is 0 Å². The number of benzene rings is 1. The number of hydrogen-bond donors (Lipinski definition) is 1. The van der Waals surface area contributed by atoms with Crippen LogP contribution in [-0.2, 0) is 13.6 Å². The van der Waals surface area contributed by atoms with E-state index in [0.717, 1.165) is 21.8 Å². The summed E-state index contributed by atoms with van der Waals surface area (Å²) in [6, 6.07) is 5.23. The molecule has 1 aromatic heterocycles. The molecule has 0 spiro atoms. The van der Waals surface area contributed by atoms with Gasteiger partial charge in [-0.25, -0.2) is 0 Å². The maximum absolute atomic E-state index is 12.0. The summed E-state index contributed by atoms with van der Waals surface area (Å²) in [5, 5.41) is 7.54. The molecular weight excluding hydrogens is 268 g/mol. The van der Waals surface area contributed by atoms with Crippen molar-refractivity contribution in [2.24, 2.45) is 7.05 Å². The van der Waals surface area contributed by atoms with Crippen LogP contribution in [-0.4, -0.2) is 33.5 Å². The zero-order valence-corrected chi connectivity index (χ0v) is 12.2. The third-order valence-electron chi connectivity index (χ3n) is 3.69. The molecule has 2 aromatic rings. The number of amides is 2.